The first kappa shape index (κ1) is 13.8. The molecule has 0 aliphatic rings. The highest BCUT2D eigenvalue weighted by atomic mass is 32.2. The largest absolute Gasteiger partial charge is 0.743 e. The van der Waals surface area contributed by atoms with Crippen LogP contribution in [0.5, 0.6) is 0 Å². The number of hydrogen-bond acceptors (Lipinski definition) is 4. The van der Waals surface area contributed by atoms with Gasteiger partial charge in [-0.3, -0.25) is 0 Å². The minimum Gasteiger partial charge on any atom is -0.743 e. The van der Waals surface area contributed by atoms with Crippen molar-refractivity contribution in [2.45, 2.75) is 38.5 Å². The molecule has 5 nitrogen and oxygen atoms in total. The van der Waals surface area contributed by atoms with Gasteiger partial charge in [-0.2, -0.15) is 0 Å². The fraction of sp³-hybridized carbons (Fsp3) is 1.00. The van der Waals surface area contributed by atoms with E-state index in [-0.39, 0.29) is 13.0 Å². The summed E-state index contributed by atoms with van der Waals surface area (Å²) >= 11 is 0. The van der Waals surface area contributed by atoms with Gasteiger partial charge in [-0.25, -0.2) is 8.42 Å². The molecule has 0 aromatic heterocycles. The first-order valence-corrected chi connectivity index (χ1v) is 6.04. The first-order chi connectivity index (χ1) is 6.12. The van der Waals surface area contributed by atoms with Crippen LogP contribution in [-0.4, -0.2) is 24.4 Å². The molecular weight excluding hydrogens is 204 g/mol. The van der Waals surface area contributed by atoms with Gasteiger partial charge in [0.2, 0.25) is 0 Å². The molecule has 14 heavy (non-hydrogen) atoms. The second-order valence-corrected chi connectivity index (χ2v) is 5.98. The fourth-order valence-electron chi connectivity index (χ4n) is 1.39. The molecule has 0 saturated heterocycles. The Labute approximate surface area is 85.6 Å². The molecule has 0 aromatic rings. The summed E-state index contributed by atoms with van der Waals surface area (Å²) in [5.41, 5.74) is 8.27. The number of rotatable bonds is 5. The summed E-state index contributed by atoms with van der Waals surface area (Å²) in [5.74, 6) is 0. The smallest absolute Gasteiger partial charge is 0.190 e. The van der Waals surface area contributed by atoms with Gasteiger partial charge < -0.3 is 16.0 Å². The molecule has 0 amide bonds. The van der Waals surface area contributed by atoms with Crippen molar-refractivity contribution >= 4 is 10.1 Å². The van der Waals surface area contributed by atoms with E-state index in [1.54, 1.807) is 13.8 Å². The highest BCUT2D eigenvalue weighted by Gasteiger charge is 2.49. The molecule has 0 aliphatic carbocycles. The highest BCUT2D eigenvalue weighted by molar-refractivity contribution is 7.86. The van der Waals surface area contributed by atoms with E-state index in [9.17, 15) is 13.0 Å². The van der Waals surface area contributed by atoms with Gasteiger partial charge in [-0.15, -0.1) is 0 Å². The zero-order chi connectivity index (χ0) is 11.6. The van der Waals surface area contributed by atoms with Crippen LogP contribution in [0.15, 0.2) is 0 Å². The molecule has 0 aliphatic heterocycles. The van der Waals surface area contributed by atoms with E-state index in [1.807, 2.05) is 6.92 Å². The second-order valence-electron chi connectivity index (χ2n) is 4.29. The summed E-state index contributed by atoms with van der Waals surface area (Å²) in [6, 6.07) is 0. The third-order valence-corrected chi connectivity index (χ3v) is 4.59. The third kappa shape index (κ3) is 2.25. The van der Waals surface area contributed by atoms with Gasteiger partial charge in [0.15, 0.2) is 15.0 Å². The average molecular weight is 224 g/mol. The molecule has 86 valence electrons. The topological polar surface area (TPSA) is 111 Å². The van der Waals surface area contributed by atoms with Crippen LogP contribution >= 0.6 is 0 Å². The van der Waals surface area contributed by atoms with Crippen molar-refractivity contribution in [2.24, 2.45) is 11.1 Å². The number of nitrogens with two attached hydrogens (primary N) is 1. The van der Waals surface area contributed by atoms with Crippen LogP contribution in [0, 0.1) is 5.41 Å². The van der Waals surface area contributed by atoms with Gasteiger partial charge in [0, 0.05) is 18.4 Å². The lowest BCUT2D eigenvalue weighted by molar-refractivity contribution is -0.470. The summed E-state index contributed by atoms with van der Waals surface area (Å²) in [4.78, 5) is -1.52. The Hall–Kier alpha value is -0.170. The van der Waals surface area contributed by atoms with Crippen molar-refractivity contribution in [2.75, 3.05) is 6.54 Å². The van der Waals surface area contributed by atoms with Gasteiger partial charge in [0.25, 0.3) is 0 Å². The van der Waals surface area contributed by atoms with E-state index >= 15 is 0 Å². The summed E-state index contributed by atoms with van der Waals surface area (Å²) in [6.07, 6.45) is 0.831. The predicted octanol–water partition coefficient (Wildman–Crippen LogP) is -0.745. The predicted molar refractivity (Wildman–Crippen MR) is 53.1 cm³/mol. The van der Waals surface area contributed by atoms with Gasteiger partial charge in [-0.1, -0.05) is 20.8 Å². The van der Waals surface area contributed by atoms with Crippen LogP contribution in [-0.2, 0) is 10.1 Å². The van der Waals surface area contributed by atoms with Gasteiger partial charge in [0.05, 0.1) is 0 Å². The Morgan fingerprint density at radius 3 is 2.07 bits per heavy atom. The number of quaternary nitrogens is 1. The van der Waals surface area contributed by atoms with Crippen molar-refractivity contribution < 1.29 is 18.7 Å². The Morgan fingerprint density at radius 1 is 1.43 bits per heavy atom. The lowest BCUT2D eigenvalue weighted by Gasteiger charge is -2.41. The maximum atomic E-state index is 11.2. The molecule has 1 atom stereocenters. The minimum atomic E-state index is -4.44. The molecule has 0 rings (SSSR count). The molecule has 0 heterocycles. The van der Waals surface area contributed by atoms with Crippen LogP contribution < -0.4 is 11.5 Å². The van der Waals surface area contributed by atoms with E-state index in [1.165, 1.54) is 0 Å². The molecular formula is C8H20N2O3S. The zero-order valence-corrected chi connectivity index (χ0v) is 9.86. The molecule has 0 radical (unpaired) electrons. The van der Waals surface area contributed by atoms with Gasteiger partial charge in [0.1, 0.15) is 0 Å². The van der Waals surface area contributed by atoms with E-state index in [2.05, 4.69) is 5.73 Å². The summed E-state index contributed by atoms with van der Waals surface area (Å²) in [7, 11) is -4.44. The SMILES string of the molecule is CCCC([NH3+])(C(C)(C)CN)S(=O)(=O)[O-]. The molecule has 0 bridgehead atoms. The van der Waals surface area contributed by atoms with Crippen LogP contribution in [0.4, 0.5) is 0 Å². The number of hydrogen-bond donors (Lipinski definition) is 2. The van der Waals surface area contributed by atoms with E-state index in [4.69, 9.17) is 5.73 Å². The second kappa shape index (κ2) is 4.14. The van der Waals surface area contributed by atoms with Crippen molar-refractivity contribution in [1.82, 2.24) is 0 Å². The standard InChI is InChI=1S/C8H20N2O3S/c1-4-5-8(10,14(11,12)13)7(2,3)6-9/h4-6,9-10H2,1-3H3,(H,11,12,13). The third-order valence-electron chi connectivity index (χ3n) is 2.88. The van der Waals surface area contributed by atoms with Crippen molar-refractivity contribution in [3.8, 4) is 0 Å². The van der Waals surface area contributed by atoms with Crippen molar-refractivity contribution in [3.05, 3.63) is 0 Å². The van der Waals surface area contributed by atoms with Crippen LogP contribution in [0.1, 0.15) is 33.6 Å². The molecule has 5 N–H and O–H groups in total. The lowest BCUT2D eigenvalue weighted by atomic mass is 9.82. The quantitative estimate of drug-likeness (QED) is 0.599. The summed E-state index contributed by atoms with van der Waals surface area (Å²) < 4.78 is 33.5. The zero-order valence-electron chi connectivity index (χ0n) is 9.04. The summed E-state index contributed by atoms with van der Waals surface area (Å²) in [5, 5.41) is 0. The Bertz CT molecular complexity index is 287. The van der Waals surface area contributed by atoms with E-state index < -0.39 is 20.4 Å². The van der Waals surface area contributed by atoms with E-state index in [0.717, 1.165) is 0 Å². The maximum absolute atomic E-state index is 11.2. The Morgan fingerprint density at radius 2 is 1.86 bits per heavy atom. The van der Waals surface area contributed by atoms with Crippen LogP contribution in [0.3, 0.4) is 0 Å². The molecule has 0 spiro atoms. The van der Waals surface area contributed by atoms with Crippen molar-refractivity contribution in [3.63, 3.8) is 0 Å². The summed E-state index contributed by atoms with van der Waals surface area (Å²) in [6.45, 7) is 5.26. The molecule has 0 aromatic carbocycles. The normalized spacial score (nSPS) is 17.9. The van der Waals surface area contributed by atoms with Crippen LogP contribution in [0.25, 0.3) is 0 Å². The van der Waals surface area contributed by atoms with Crippen molar-refractivity contribution in [1.29, 1.82) is 0 Å². The van der Waals surface area contributed by atoms with E-state index in [0.29, 0.717) is 6.42 Å². The Kier molecular flexibility index (Phi) is 4.09. The van der Waals surface area contributed by atoms with Crippen LogP contribution in [0.2, 0.25) is 0 Å². The van der Waals surface area contributed by atoms with Gasteiger partial charge in [-0.05, 0) is 6.42 Å². The fourth-order valence-corrected chi connectivity index (χ4v) is 2.61. The molecule has 0 saturated carbocycles. The average Bonchev–Trinajstić information content (AvgIpc) is 2.02. The monoisotopic (exact) mass is 224 g/mol. The minimum absolute atomic E-state index is 0.123. The maximum Gasteiger partial charge on any atom is 0.190 e. The molecule has 1 unspecified atom stereocenters. The molecule has 6 heteroatoms. The lowest BCUT2D eigenvalue weighted by Crippen LogP contribution is -2.83. The molecule has 0 fully saturated rings. The highest BCUT2D eigenvalue weighted by Crippen LogP contribution is 2.33. The first-order valence-electron chi connectivity index (χ1n) is 4.63. The van der Waals surface area contributed by atoms with Gasteiger partial charge >= 0.3 is 0 Å². The Balaban J connectivity index is 5.32.